The maximum Gasteiger partial charge on any atom is 0.241 e. The molecule has 0 aliphatic carbocycles. The van der Waals surface area contributed by atoms with Gasteiger partial charge in [0.2, 0.25) is 10.0 Å². The van der Waals surface area contributed by atoms with Gasteiger partial charge in [0.15, 0.2) is 0 Å². The molecule has 0 amide bonds. The zero-order valence-corrected chi connectivity index (χ0v) is 18.2. The Kier molecular flexibility index (Phi) is 11.5. The molecule has 0 saturated carbocycles. The van der Waals surface area contributed by atoms with Crippen LogP contribution in [0.25, 0.3) is 10.8 Å². The van der Waals surface area contributed by atoms with Crippen molar-refractivity contribution in [3.63, 3.8) is 0 Å². The highest BCUT2D eigenvalue weighted by Crippen LogP contribution is 2.21. The Balaban J connectivity index is 0.00000204. The largest absolute Gasteiger partial charge is 0.312 e. The van der Waals surface area contributed by atoms with E-state index in [0.29, 0.717) is 25.0 Å². The molecular weight excluding hydrogens is 382 g/mol. The van der Waals surface area contributed by atoms with Gasteiger partial charge in [0.1, 0.15) is 0 Å². The van der Waals surface area contributed by atoms with Crippen molar-refractivity contribution in [1.29, 1.82) is 0 Å². The van der Waals surface area contributed by atoms with E-state index in [0.717, 1.165) is 11.0 Å². The number of aromatic nitrogens is 1. The first-order chi connectivity index (χ1) is 14.1. The second kappa shape index (κ2) is 13.6. The minimum absolute atomic E-state index is 0.270. The Hall–Kier alpha value is -2.54. The maximum atomic E-state index is 12.6. The van der Waals surface area contributed by atoms with E-state index in [1.165, 1.54) is 0 Å². The molecule has 5 nitrogen and oxygen atoms in total. The molecule has 29 heavy (non-hydrogen) atoms. The van der Waals surface area contributed by atoms with Crippen LogP contribution in [0.2, 0.25) is 0 Å². The summed E-state index contributed by atoms with van der Waals surface area (Å²) in [5.74, 6) is 0. The molecule has 0 radical (unpaired) electrons. The Morgan fingerprint density at radius 3 is 2.72 bits per heavy atom. The van der Waals surface area contributed by atoms with Crippen molar-refractivity contribution < 1.29 is 8.42 Å². The van der Waals surface area contributed by atoms with E-state index in [1.807, 2.05) is 57.2 Å². The van der Waals surface area contributed by atoms with Crippen molar-refractivity contribution in [2.45, 2.75) is 25.7 Å². The average molecular weight is 414 g/mol. The summed E-state index contributed by atoms with van der Waals surface area (Å²) >= 11 is 0. The van der Waals surface area contributed by atoms with E-state index in [-0.39, 0.29) is 4.90 Å². The molecule has 156 valence electrons. The molecule has 6 heteroatoms. The van der Waals surface area contributed by atoms with E-state index in [1.54, 1.807) is 36.7 Å². The smallest absolute Gasteiger partial charge is 0.241 e. The molecule has 2 aromatic rings. The van der Waals surface area contributed by atoms with E-state index < -0.39 is 10.0 Å². The fourth-order valence-electron chi connectivity index (χ4n) is 2.46. The number of pyridine rings is 1. The molecule has 2 N–H and O–H groups in total. The Labute approximate surface area is 175 Å². The van der Waals surface area contributed by atoms with E-state index >= 15 is 0 Å². The SMILES string of the molecule is C=CC(/C=C\CNCCNS(=O)(=O)c1cccc2cnccc12)=C\C=C/C.CC. The molecule has 0 fully saturated rings. The summed E-state index contributed by atoms with van der Waals surface area (Å²) in [6.45, 7) is 11.2. The lowest BCUT2D eigenvalue weighted by Crippen LogP contribution is -2.32. The van der Waals surface area contributed by atoms with Gasteiger partial charge in [-0.25, -0.2) is 13.1 Å². The van der Waals surface area contributed by atoms with Crippen LogP contribution in [-0.2, 0) is 10.0 Å². The number of nitrogens with zero attached hydrogens (tertiary/aromatic N) is 1. The molecule has 1 heterocycles. The lowest BCUT2D eigenvalue weighted by molar-refractivity contribution is 0.579. The molecule has 0 aliphatic rings. The van der Waals surface area contributed by atoms with Gasteiger partial charge in [-0.1, -0.05) is 69.0 Å². The monoisotopic (exact) mass is 413 g/mol. The first kappa shape index (κ1) is 24.5. The molecule has 0 spiro atoms. The number of rotatable bonds is 10. The fourth-order valence-corrected chi connectivity index (χ4v) is 3.72. The first-order valence-corrected chi connectivity index (χ1v) is 11.2. The number of sulfonamides is 1. The molecule has 0 atom stereocenters. The molecule has 1 aromatic heterocycles. The van der Waals surface area contributed by atoms with E-state index in [4.69, 9.17) is 0 Å². The number of hydrogen-bond acceptors (Lipinski definition) is 4. The predicted molar refractivity (Wildman–Crippen MR) is 123 cm³/mol. The normalized spacial score (nSPS) is 12.3. The van der Waals surface area contributed by atoms with Gasteiger partial charge in [-0.2, -0.15) is 0 Å². The topological polar surface area (TPSA) is 71.1 Å². The second-order valence-corrected chi connectivity index (χ2v) is 7.49. The Bertz CT molecular complexity index is 956. The van der Waals surface area contributed by atoms with E-state index in [2.05, 4.69) is 21.6 Å². The highest BCUT2D eigenvalue weighted by atomic mass is 32.2. The highest BCUT2D eigenvalue weighted by molar-refractivity contribution is 7.89. The Morgan fingerprint density at radius 2 is 2.00 bits per heavy atom. The minimum atomic E-state index is -3.57. The molecular formula is C23H31N3O2S. The lowest BCUT2D eigenvalue weighted by Gasteiger charge is -2.09. The van der Waals surface area contributed by atoms with Gasteiger partial charge in [-0.05, 0) is 24.6 Å². The van der Waals surface area contributed by atoms with Crippen LogP contribution < -0.4 is 10.0 Å². The third kappa shape index (κ3) is 8.15. The van der Waals surface area contributed by atoms with Crippen molar-refractivity contribution in [2.75, 3.05) is 19.6 Å². The van der Waals surface area contributed by atoms with Crippen LogP contribution in [0.3, 0.4) is 0 Å². The summed E-state index contributed by atoms with van der Waals surface area (Å²) < 4.78 is 27.8. The van der Waals surface area contributed by atoms with Gasteiger partial charge in [0.25, 0.3) is 0 Å². The molecule has 2 rings (SSSR count). The van der Waals surface area contributed by atoms with Crippen molar-refractivity contribution in [3.8, 4) is 0 Å². The summed E-state index contributed by atoms with van der Waals surface area (Å²) in [6.07, 6.45) is 14.8. The zero-order valence-electron chi connectivity index (χ0n) is 17.4. The van der Waals surface area contributed by atoms with Crippen LogP contribution in [0, 0.1) is 0 Å². The van der Waals surface area contributed by atoms with Crippen molar-refractivity contribution >= 4 is 20.8 Å². The number of hydrogen-bond donors (Lipinski definition) is 2. The van der Waals surface area contributed by atoms with Crippen molar-refractivity contribution in [2.24, 2.45) is 0 Å². The van der Waals surface area contributed by atoms with Gasteiger partial charge in [-0.15, -0.1) is 0 Å². The summed E-state index contributed by atoms with van der Waals surface area (Å²) in [5, 5.41) is 4.64. The van der Waals surface area contributed by atoms with Crippen LogP contribution in [0.5, 0.6) is 0 Å². The van der Waals surface area contributed by atoms with Crippen molar-refractivity contribution in [1.82, 2.24) is 15.0 Å². The second-order valence-electron chi connectivity index (χ2n) is 5.75. The van der Waals surface area contributed by atoms with Gasteiger partial charge in [0, 0.05) is 42.8 Å². The van der Waals surface area contributed by atoms with E-state index in [9.17, 15) is 8.42 Å². The third-order valence-electron chi connectivity index (χ3n) is 3.81. The highest BCUT2D eigenvalue weighted by Gasteiger charge is 2.16. The van der Waals surface area contributed by atoms with Crippen LogP contribution in [-0.4, -0.2) is 33.0 Å². The quantitative estimate of drug-likeness (QED) is 0.448. The van der Waals surface area contributed by atoms with Gasteiger partial charge < -0.3 is 5.32 Å². The molecule has 0 unspecified atom stereocenters. The average Bonchev–Trinajstić information content (AvgIpc) is 2.76. The minimum Gasteiger partial charge on any atom is -0.312 e. The van der Waals surface area contributed by atoms with Crippen LogP contribution in [0.4, 0.5) is 0 Å². The number of allylic oxidation sites excluding steroid dienone is 6. The number of fused-ring (bicyclic) bond motifs is 1. The molecule has 0 bridgehead atoms. The summed E-state index contributed by atoms with van der Waals surface area (Å²) in [7, 11) is -3.57. The van der Waals surface area contributed by atoms with Crippen LogP contribution in [0.15, 0.2) is 90.2 Å². The molecule has 1 aromatic carbocycles. The summed E-state index contributed by atoms with van der Waals surface area (Å²) in [6, 6.07) is 6.89. The molecule has 0 aliphatic heterocycles. The summed E-state index contributed by atoms with van der Waals surface area (Å²) in [5.41, 5.74) is 1.01. The molecule has 0 saturated heterocycles. The first-order valence-electron chi connectivity index (χ1n) is 9.73. The third-order valence-corrected chi connectivity index (χ3v) is 5.33. The zero-order chi connectivity index (χ0) is 21.5. The Morgan fingerprint density at radius 1 is 1.21 bits per heavy atom. The van der Waals surface area contributed by atoms with Crippen molar-refractivity contribution in [3.05, 3.63) is 85.3 Å². The maximum absolute atomic E-state index is 12.6. The number of benzene rings is 1. The predicted octanol–water partition coefficient (Wildman–Crippen LogP) is 4.37. The lowest BCUT2D eigenvalue weighted by atomic mass is 10.2. The van der Waals surface area contributed by atoms with Gasteiger partial charge >= 0.3 is 0 Å². The fraction of sp³-hybridized carbons (Fsp3) is 0.261. The van der Waals surface area contributed by atoms with Crippen LogP contribution in [0.1, 0.15) is 20.8 Å². The standard InChI is InChI=1S/C21H25N3O2S.C2H6/c1-3-5-8-18(4-2)9-7-13-22-15-16-24-27(25,26)21-11-6-10-19-17-23-14-12-20(19)21;1-2/h3-12,14,17,22,24H,2,13,15-16H2,1H3;1-2H3/b5-3-,9-7-,18-8+;. The van der Waals surface area contributed by atoms with Gasteiger partial charge in [-0.3, -0.25) is 4.98 Å². The summed E-state index contributed by atoms with van der Waals surface area (Å²) in [4.78, 5) is 4.30. The number of nitrogens with one attached hydrogen (secondary N) is 2. The van der Waals surface area contributed by atoms with Gasteiger partial charge in [0.05, 0.1) is 4.90 Å². The van der Waals surface area contributed by atoms with Crippen LogP contribution >= 0.6 is 0 Å².